The van der Waals surface area contributed by atoms with Gasteiger partial charge >= 0.3 is 0 Å². The molecule has 2 atom stereocenters. The lowest BCUT2D eigenvalue weighted by Crippen LogP contribution is -2.53. The van der Waals surface area contributed by atoms with E-state index < -0.39 is 0 Å². The molecule has 1 saturated heterocycles. The molecule has 1 spiro atoms. The van der Waals surface area contributed by atoms with Crippen LogP contribution in [-0.4, -0.2) is 37.5 Å². The molecule has 21 heavy (non-hydrogen) atoms. The Morgan fingerprint density at radius 1 is 1.24 bits per heavy atom. The van der Waals surface area contributed by atoms with Gasteiger partial charge in [-0.05, 0) is 76.7 Å². The van der Waals surface area contributed by atoms with E-state index in [2.05, 4.69) is 12.2 Å². The summed E-state index contributed by atoms with van der Waals surface area (Å²) in [6, 6.07) is 0.617. The van der Waals surface area contributed by atoms with Gasteiger partial charge in [0.2, 0.25) is 0 Å². The summed E-state index contributed by atoms with van der Waals surface area (Å²) in [5.41, 5.74) is 0.436. The predicted molar refractivity (Wildman–Crippen MR) is 85.5 cm³/mol. The minimum absolute atomic E-state index is 0.177. The molecule has 3 heteroatoms. The molecule has 3 nitrogen and oxygen atoms in total. The van der Waals surface area contributed by atoms with E-state index in [0.29, 0.717) is 6.04 Å². The normalized spacial score (nSPS) is 31.4. The highest BCUT2D eigenvalue weighted by Gasteiger charge is 2.46. The van der Waals surface area contributed by atoms with Gasteiger partial charge in [-0.3, -0.25) is 0 Å². The lowest BCUT2D eigenvalue weighted by atomic mass is 9.67. The van der Waals surface area contributed by atoms with Crippen LogP contribution >= 0.6 is 0 Å². The number of hydrogen-bond acceptors (Lipinski definition) is 3. The summed E-state index contributed by atoms with van der Waals surface area (Å²) in [5, 5.41) is 3.85. The smallest absolute Gasteiger partial charge is 0.0693 e. The highest BCUT2D eigenvalue weighted by Crippen LogP contribution is 2.47. The first-order valence-corrected chi connectivity index (χ1v) is 9.13. The van der Waals surface area contributed by atoms with E-state index in [1.165, 1.54) is 64.2 Å². The van der Waals surface area contributed by atoms with Gasteiger partial charge in [0.15, 0.2) is 0 Å². The Labute approximate surface area is 130 Å². The van der Waals surface area contributed by atoms with Crippen LogP contribution in [0.1, 0.15) is 71.1 Å². The highest BCUT2D eigenvalue weighted by atomic mass is 16.5. The topological polar surface area (TPSA) is 30.5 Å². The molecule has 2 unspecified atom stereocenters. The van der Waals surface area contributed by atoms with Gasteiger partial charge in [0.05, 0.1) is 11.2 Å². The number of hydrogen-bond donors (Lipinski definition) is 1. The standard InChI is InChI=1S/C18H33NO2/c1-3-11-19-16(14-17(20-2)7-4-8-17)15-6-12-21-18(13-15)9-5-10-18/h15-16,19H,3-14H2,1-2H3. The zero-order chi connectivity index (χ0) is 14.8. The van der Waals surface area contributed by atoms with Gasteiger partial charge in [0.25, 0.3) is 0 Å². The van der Waals surface area contributed by atoms with E-state index in [1.807, 2.05) is 7.11 Å². The first kappa shape index (κ1) is 15.8. The Bertz CT molecular complexity index is 331. The molecular formula is C18H33NO2. The van der Waals surface area contributed by atoms with Crippen LogP contribution in [-0.2, 0) is 9.47 Å². The van der Waals surface area contributed by atoms with Crippen molar-refractivity contribution >= 4 is 0 Å². The van der Waals surface area contributed by atoms with Crippen molar-refractivity contribution in [2.75, 3.05) is 20.3 Å². The van der Waals surface area contributed by atoms with Gasteiger partial charge in [-0.15, -0.1) is 0 Å². The molecule has 122 valence electrons. The first-order chi connectivity index (χ1) is 10.2. The number of ether oxygens (including phenoxy) is 2. The van der Waals surface area contributed by atoms with Crippen molar-refractivity contribution in [2.45, 2.75) is 88.4 Å². The summed E-state index contributed by atoms with van der Waals surface area (Å²) in [5.74, 6) is 0.776. The molecule has 0 bridgehead atoms. The van der Waals surface area contributed by atoms with Crippen LogP contribution in [0.3, 0.4) is 0 Å². The third kappa shape index (κ3) is 3.30. The Balaban J connectivity index is 1.63. The maximum absolute atomic E-state index is 6.12. The number of methoxy groups -OCH3 is 1. The lowest BCUT2D eigenvalue weighted by Gasteiger charge is -2.51. The summed E-state index contributed by atoms with van der Waals surface area (Å²) in [7, 11) is 1.91. The molecule has 3 fully saturated rings. The van der Waals surface area contributed by atoms with Crippen LogP contribution in [0, 0.1) is 5.92 Å². The van der Waals surface area contributed by atoms with Gasteiger partial charge in [0.1, 0.15) is 0 Å². The molecule has 1 aliphatic heterocycles. The second kappa shape index (κ2) is 6.55. The monoisotopic (exact) mass is 295 g/mol. The molecule has 0 aromatic carbocycles. The summed E-state index contributed by atoms with van der Waals surface area (Å²) in [6.45, 7) is 4.36. The van der Waals surface area contributed by atoms with E-state index in [-0.39, 0.29) is 11.2 Å². The van der Waals surface area contributed by atoms with Crippen molar-refractivity contribution in [3.05, 3.63) is 0 Å². The second-order valence-electron chi connectivity index (χ2n) is 7.64. The van der Waals surface area contributed by atoms with Crippen molar-refractivity contribution in [3.63, 3.8) is 0 Å². The molecule has 0 aromatic heterocycles. The molecule has 3 aliphatic rings. The van der Waals surface area contributed by atoms with Crippen molar-refractivity contribution in [3.8, 4) is 0 Å². The molecule has 0 aromatic rings. The van der Waals surface area contributed by atoms with Gasteiger partial charge in [-0.25, -0.2) is 0 Å². The molecule has 3 rings (SSSR count). The molecule has 0 radical (unpaired) electrons. The summed E-state index contributed by atoms with van der Waals surface area (Å²) >= 11 is 0. The van der Waals surface area contributed by atoms with E-state index in [1.54, 1.807) is 0 Å². The van der Waals surface area contributed by atoms with Gasteiger partial charge in [-0.1, -0.05) is 6.92 Å². The molecule has 1 N–H and O–H groups in total. The average molecular weight is 295 g/mol. The third-order valence-corrected chi connectivity index (χ3v) is 6.31. The Kier molecular flexibility index (Phi) is 4.92. The average Bonchev–Trinajstić information content (AvgIpc) is 2.44. The summed E-state index contributed by atoms with van der Waals surface area (Å²) in [6.07, 6.45) is 12.7. The lowest BCUT2D eigenvalue weighted by molar-refractivity contribution is -0.153. The number of rotatable bonds is 7. The zero-order valence-electron chi connectivity index (χ0n) is 14.0. The van der Waals surface area contributed by atoms with Crippen molar-refractivity contribution in [1.82, 2.24) is 5.32 Å². The minimum Gasteiger partial charge on any atom is -0.378 e. The third-order valence-electron chi connectivity index (χ3n) is 6.31. The van der Waals surface area contributed by atoms with Crippen LogP contribution in [0.4, 0.5) is 0 Å². The Morgan fingerprint density at radius 3 is 2.52 bits per heavy atom. The van der Waals surface area contributed by atoms with E-state index in [0.717, 1.165) is 19.1 Å². The SMILES string of the molecule is CCCNC(CC1(OC)CCC1)C1CCOC2(CCC2)C1. The van der Waals surface area contributed by atoms with E-state index in [4.69, 9.17) is 9.47 Å². The summed E-state index contributed by atoms with van der Waals surface area (Å²) < 4.78 is 12.0. The zero-order valence-corrected chi connectivity index (χ0v) is 14.0. The van der Waals surface area contributed by atoms with Crippen molar-refractivity contribution in [1.29, 1.82) is 0 Å². The van der Waals surface area contributed by atoms with Crippen molar-refractivity contribution < 1.29 is 9.47 Å². The maximum Gasteiger partial charge on any atom is 0.0693 e. The molecule has 0 amide bonds. The van der Waals surface area contributed by atoms with Crippen LogP contribution in [0.5, 0.6) is 0 Å². The van der Waals surface area contributed by atoms with Gasteiger partial charge < -0.3 is 14.8 Å². The van der Waals surface area contributed by atoms with Crippen molar-refractivity contribution in [2.24, 2.45) is 5.92 Å². The second-order valence-corrected chi connectivity index (χ2v) is 7.64. The van der Waals surface area contributed by atoms with Crippen LogP contribution in [0.25, 0.3) is 0 Å². The quantitative estimate of drug-likeness (QED) is 0.777. The molecular weight excluding hydrogens is 262 g/mol. The van der Waals surface area contributed by atoms with E-state index in [9.17, 15) is 0 Å². The number of nitrogens with one attached hydrogen (secondary N) is 1. The molecule has 1 heterocycles. The van der Waals surface area contributed by atoms with Gasteiger partial charge in [-0.2, -0.15) is 0 Å². The van der Waals surface area contributed by atoms with Crippen LogP contribution < -0.4 is 5.32 Å². The largest absolute Gasteiger partial charge is 0.378 e. The van der Waals surface area contributed by atoms with Gasteiger partial charge in [0, 0.05) is 19.8 Å². The van der Waals surface area contributed by atoms with Crippen LogP contribution in [0.2, 0.25) is 0 Å². The maximum atomic E-state index is 6.12. The fraction of sp³-hybridized carbons (Fsp3) is 1.00. The summed E-state index contributed by atoms with van der Waals surface area (Å²) in [4.78, 5) is 0. The van der Waals surface area contributed by atoms with Crippen LogP contribution in [0.15, 0.2) is 0 Å². The molecule has 2 saturated carbocycles. The fourth-order valence-electron chi connectivity index (χ4n) is 4.53. The molecule has 2 aliphatic carbocycles. The highest BCUT2D eigenvalue weighted by molar-refractivity contribution is 5.00. The Hall–Kier alpha value is -0.120. The predicted octanol–water partition coefficient (Wildman–Crippen LogP) is 3.66. The van der Waals surface area contributed by atoms with E-state index >= 15 is 0 Å². The first-order valence-electron chi connectivity index (χ1n) is 9.13. The Morgan fingerprint density at radius 2 is 2.00 bits per heavy atom. The minimum atomic E-state index is 0.177. The fourth-order valence-corrected chi connectivity index (χ4v) is 4.53.